The molecular formula is C14H16ClFN2O3. The Bertz CT molecular complexity index is 581. The Hall–Kier alpha value is -1.82. The summed E-state index contributed by atoms with van der Waals surface area (Å²) in [5.74, 6) is -1.59. The van der Waals surface area contributed by atoms with Crippen molar-refractivity contribution in [3.8, 4) is 0 Å². The molecule has 1 aliphatic rings. The Balaban J connectivity index is 2.03. The van der Waals surface area contributed by atoms with Crippen molar-refractivity contribution in [1.82, 2.24) is 5.32 Å². The number of rotatable bonds is 3. The highest BCUT2D eigenvalue weighted by Gasteiger charge is 2.45. The van der Waals surface area contributed by atoms with E-state index >= 15 is 0 Å². The Morgan fingerprint density at radius 2 is 2.19 bits per heavy atom. The molecule has 7 heteroatoms. The van der Waals surface area contributed by atoms with Crippen molar-refractivity contribution in [3.63, 3.8) is 0 Å². The average molecular weight is 315 g/mol. The third kappa shape index (κ3) is 3.26. The zero-order valence-electron chi connectivity index (χ0n) is 11.5. The van der Waals surface area contributed by atoms with Crippen molar-refractivity contribution < 1.29 is 19.1 Å². The molecule has 0 spiro atoms. The summed E-state index contributed by atoms with van der Waals surface area (Å²) in [4.78, 5) is 23.2. The van der Waals surface area contributed by atoms with E-state index < -0.39 is 29.3 Å². The fourth-order valence-electron chi connectivity index (χ4n) is 2.56. The molecule has 0 bridgehead atoms. The van der Waals surface area contributed by atoms with E-state index in [1.165, 1.54) is 12.1 Å². The molecule has 21 heavy (non-hydrogen) atoms. The number of halogens is 2. The predicted molar refractivity (Wildman–Crippen MR) is 76.9 cm³/mol. The molecule has 2 atom stereocenters. The van der Waals surface area contributed by atoms with Crippen LogP contribution in [0.1, 0.15) is 26.2 Å². The molecule has 3 N–H and O–H groups in total. The van der Waals surface area contributed by atoms with Gasteiger partial charge in [0, 0.05) is 11.1 Å². The second-order valence-corrected chi connectivity index (χ2v) is 5.83. The van der Waals surface area contributed by atoms with Gasteiger partial charge in [0.25, 0.3) is 0 Å². The first kappa shape index (κ1) is 15.6. The monoisotopic (exact) mass is 314 g/mol. The second-order valence-electron chi connectivity index (χ2n) is 5.39. The van der Waals surface area contributed by atoms with Gasteiger partial charge in [-0.2, -0.15) is 0 Å². The van der Waals surface area contributed by atoms with Crippen molar-refractivity contribution in [2.24, 2.45) is 5.41 Å². The molecule has 0 aromatic heterocycles. The molecule has 1 fully saturated rings. The minimum Gasteiger partial charge on any atom is -0.481 e. The number of carboxylic acid groups (broad SMARTS) is 1. The van der Waals surface area contributed by atoms with Crippen LogP contribution in [0, 0.1) is 11.2 Å². The number of hydrogen-bond acceptors (Lipinski definition) is 2. The lowest BCUT2D eigenvalue weighted by atomic mass is 9.85. The fourth-order valence-corrected chi connectivity index (χ4v) is 2.72. The molecule has 114 valence electrons. The second kappa shape index (κ2) is 5.89. The van der Waals surface area contributed by atoms with Gasteiger partial charge in [-0.3, -0.25) is 4.79 Å². The molecule has 1 aliphatic carbocycles. The van der Waals surface area contributed by atoms with Crippen molar-refractivity contribution in [1.29, 1.82) is 0 Å². The molecule has 0 radical (unpaired) electrons. The highest BCUT2D eigenvalue weighted by atomic mass is 35.5. The Morgan fingerprint density at radius 3 is 2.81 bits per heavy atom. The van der Waals surface area contributed by atoms with Gasteiger partial charge in [-0.05, 0) is 38.0 Å². The van der Waals surface area contributed by atoms with Crippen LogP contribution in [0.4, 0.5) is 14.9 Å². The summed E-state index contributed by atoms with van der Waals surface area (Å²) in [6, 6.07) is 2.79. The number of amides is 2. The minimum atomic E-state index is -0.990. The molecule has 2 rings (SSSR count). The fraction of sp³-hybridized carbons (Fsp3) is 0.429. The van der Waals surface area contributed by atoms with Crippen LogP contribution in [0.3, 0.4) is 0 Å². The smallest absolute Gasteiger partial charge is 0.319 e. The summed E-state index contributed by atoms with van der Waals surface area (Å²) in [6.07, 6.45) is 1.81. The third-order valence-corrected chi connectivity index (χ3v) is 4.17. The summed E-state index contributed by atoms with van der Waals surface area (Å²) >= 11 is 5.63. The summed E-state index contributed by atoms with van der Waals surface area (Å²) in [5.41, 5.74) is -0.998. The van der Waals surface area contributed by atoms with Gasteiger partial charge in [0.1, 0.15) is 5.82 Å². The summed E-state index contributed by atoms with van der Waals surface area (Å²) in [7, 11) is 0. The van der Waals surface area contributed by atoms with Crippen LogP contribution in [-0.2, 0) is 4.79 Å². The van der Waals surface area contributed by atoms with Gasteiger partial charge in [-0.25, -0.2) is 9.18 Å². The lowest BCUT2D eigenvalue weighted by Crippen LogP contribution is -2.48. The van der Waals surface area contributed by atoms with E-state index in [4.69, 9.17) is 11.6 Å². The summed E-state index contributed by atoms with van der Waals surface area (Å²) in [5, 5.41) is 14.5. The maximum atomic E-state index is 13.6. The van der Waals surface area contributed by atoms with Crippen LogP contribution >= 0.6 is 11.6 Å². The Morgan fingerprint density at radius 1 is 1.48 bits per heavy atom. The van der Waals surface area contributed by atoms with E-state index in [0.717, 1.165) is 12.5 Å². The largest absolute Gasteiger partial charge is 0.481 e. The molecule has 1 aromatic carbocycles. The number of urea groups is 1. The number of aliphatic carboxylic acids is 1. The third-order valence-electron chi connectivity index (χ3n) is 3.93. The van der Waals surface area contributed by atoms with E-state index in [-0.39, 0.29) is 10.7 Å². The maximum absolute atomic E-state index is 13.6. The van der Waals surface area contributed by atoms with Crippen molar-refractivity contribution in [3.05, 3.63) is 29.0 Å². The van der Waals surface area contributed by atoms with E-state index in [1.807, 2.05) is 0 Å². The predicted octanol–water partition coefficient (Wildman–Crippen LogP) is 3.24. The molecule has 1 aromatic rings. The Kier molecular flexibility index (Phi) is 4.37. The standard InChI is InChI=1S/C14H16ClFN2O3/c1-14(12(19)20)6-2-3-11(14)18-13(21)17-10-5-4-8(15)7-9(10)16/h4-5,7,11H,2-3,6H2,1H3,(H,19,20)(H2,17,18,21). The number of benzene rings is 1. The zero-order valence-corrected chi connectivity index (χ0v) is 12.2. The quantitative estimate of drug-likeness (QED) is 0.801. The lowest BCUT2D eigenvalue weighted by molar-refractivity contribution is -0.148. The van der Waals surface area contributed by atoms with E-state index in [2.05, 4.69) is 10.6 Å². The van der Waals surface area contributed by atoms with Gasteiger partial charge in [0.05, 0.1) is 11.1 Å². The van der Waals surface area contributed by atoms with Crippen LogP contribution in [0.5, 0.6) is 0 Å². The molecule has 2 unspecified atom stereocenters. The number of nitrogens with one attached hydrogen (secondary N) is 2. The lowest BCUT2D eigenvalue weighted by Gasteiger charge is -2.27. The van der Waals surface area contributed by atoms with E-state index in [1.54, 1.807) is 6.92 Å². The van der Waals surface area contributed by atoms with Crippen LogP contribution in [0.15, 0.2) is 18.2 Å². The summed E-state index contributed by atoms with van der Waals surface area (Å²) in [6.45, 7) is 1.61. The normalized spacial score (nSPS) is 24.6. The number of anilines is 1. The van der Waals surface area contributed by atoms with Gasteiger partial charge in [0.15, 0.2) is 0 Å². The number of carbonyl (C=O) groups is 2. The van der Waals surface area contributed by atoms with Gasteiger partial charge in [0.2, 0.25) is 0 Å². The van der Waals surface area contributed by atoms with Crippen molar-refractivity contribution >= 4 is 29.3 Å². The first-order chi connectivity index (χ1) is 9.83. The molecule has 0 heterocycles. The Labute approximate surface area is 126 Å². The summed E-state index contributed by atoms with van der Waals surface area (Å²) < 4.78 is 13.6. The van der Waals surface area contributed by atoms with E-state index in [0.29, 0.717) is 12.8 Å². The number of hydrogen-bond donors (Lipinski definition) is 3. The molecule has 5 nitrogen and oxygen atoms in total. The van der Waals surface area contributed by atoms with Gasteiger partial charge in [-0.15, -0.1) is 0 Å². The SMILES string of the molecule is CC1(C(=O)O)CCCC1NC(=O)Nc1ccc(Cl)cc1F. The van der Waals surface area contributed by atoms with Gasteiger partial charge in [-0.1, -0.05) is 18.0 Å². The first-order valence-electron chi connectivity index (χ1n) is 6.59. The van der Waals surface area contributed by atoms with Crippen LogP contribution in [-0.4, -0.2) is 23.1 Å². The highest BCUT2D eigenvalue weighted by Crippen LogP contribution is 2.38. The van der Waals surface area contributed by atoms with E-state index in [9.17, 15) is 19.1 Å². The first-order valence-corrected chi connectivity index (χ1v) is 6.96. The van der Waals surface area contributed by atoms with Gasteiger partial charge >= 0.3 is 12.0 Å². The molecular weight excluding hydrogens is 299 g/mol. The number of carboxylic acids is 1. The molecule has 1 saturated carbocycles. The van der Waals surface area contributed by atoms with Gasteiger partial charge < -0.3 is 15.7 Å². The van der Waals surface area contributed by atoms with Crippen molar-refractivity contribution in [2.45, 2.75) is 32.2 Å². The zero-order chi connectivity index (χ0) is 15.6. The molecule has 0 aliphatic heterocycles. The maximum Gasteiger partial charge on any atom is 0.319 e. The minimum absolute atomic E-state index is 0.00748. The van der Waals surface area contributed by atoms with Crippen LogP contribution in [0.2, 0.25) is 5.02 Å². The molecule has 2 amide bonds. The van der Waals surface area contributed by atoms with Crippen LogP contribution in [0.25, 0.3) is 0 Å². The highest BCUT2D eigenvalue weighted by molar-refractivity contribution is 6.30. The molecule has 0 saturated heterocycles. The average Bonchev–Trinajstić information content (AvgIpc) is 2.76. The topological polar surface area (TPSA) is 78.4 Å². The number of carbonyl (C=O) groups excluding carboxylic acids is 1. The van der Waals surface area contributed by atoms with Crippen molar-refractivity contribution in [2.75, 3.05) is 5.32 Å². The van der Waals surface area contributed by atoms with Crippen LogP contribution < -0.4 is 10.6 Å².